The zero-order chi connectivity index (χ0) is 19.2. The van der Waals surface area contributed by atoms with Crippen molar-refractivity contribution in [3.63, 3.8) is 0 Å². The summed E-state index contributed by atoms with van der Waals surface area (Å²) in [5.74, 6) is 0. The molecule has 1 aromatic heterocycles. The number of hydrogen-bond donors (Lipinski definition) is 2. The standard InChI is InChI=1S/C24H29N3O/c28-19-24(14-12-20-8-3-1-4-9-20)13-7-15-27(18-24)17-22-16-25-26-23(22)21-10-5-2-6-11-21/h1-6,8-11,16,28H,7,12-15,17-19H2,(H,25,26)/t24-/m0/s1. The highest BCUT2D eigenvalue weighted by Crippen LogP contribution is 2.35. The Labute approximate surface area is 167 Å². The Morgan fingerprint density at radius 3 is 2.54 bits per heavy atom. The number of nitrogens with zero attached hydrogens (tertiary/aromatic N) is 2. The van der Waals surface area contributed by atoms with E-state index in [9.17, 15) is 5.11 Å². The Kier molecular flexibility index (Phi) is 5.89. The summed E-state index contributed by atoms with van der Waals surface area (Å²) < 4.78 is 0. The Balaban J connectivity index is 1.44. The number of H-pyrrole nitrogens is 1. The number of benzene rings is 2. The summed E-state index contributed by atoms with van der Waals surface area (Å²) in [7, 11) is 0. The molecule has 0 bridgehead atoms. The number of aromatic nitrogens is 2. The summed E-state index contributed by atoms with van der Waals surface area (Å²) >= 11 is 0. The Bertz CT molecular complexity index is 862. The molecule has 1 saturated heterocycles. The van der Waals surface area contributed by atoms with E-state index in [-0.39, 0.29) is 12.0 Å². The van der Waals surface area contributed by atoms with Crippen LogP contribution < -0.4 is 0 Å². The van der Waals surface area contributed by atoms with Gasteiger partial charge in [-0.05, 0) is 43.4 Å². The van der Waals surface area contributed by atoms with Crippen LogP contribution >= 0.6 is 0 Å². The fraction of sp³-hybridized carbons (Fsp3) is 0.375. The maximum Gasteiger partial charge on any atom is 0.0695 e. The first-order chi connectivity index (χ1) is 13.8. The Morgan fingerprint density at radius 1 is 1.04 bits per heavy atom. The Morgan fingerprint density at radius 2 is 1.79 bits per heavy atom. The molecule has 2 aromatic carbocycles. The molecular formula is C24H29N3O. The molecular weight excluding hydrogens is 346 g/mol. The fourth-order valence-corrected chi connectivity index (χ4v) is 4.44. The van der Waals surface area contributed by atoms with Crippen LogP contribution in [0, 0.1) is 5.41 Å². The van der Waals surface area contributed by atoms with Gasteiger partial charge < -0.3 is 5.11 Å². The third kappa shape index (κ3) is 4.34. The number of aromatic amines is 1. The van der Waals surface area contributed by atoms with Crippen molar-refractivity contribution in [2.45, 2.75) is 32.2 Å². The maximum atomic E-state index is 10.3. The summed E-state index contributed by atoms with van der Waals surface area (Å²) in [6.07, 6.45) is 6.23. The maximum absolute atomic E-state index is 10.3. The molecule has 4 nitrogen and oxygen atoms in total. The fourth-order valence-electron chi connectivity index (χ4n) is 4.44. The van der Waals surface area contributed by atoms with Crippen molar-refractivity contribution in [2.24, 2.45) is 5.41 Å². The van der Waals surface area contributed by atoms with E-state index in [0.29, 0.717) is 0 Å². The highest BCUT2D eigenvalue weighted by molar-refractivity contribution is 5.62. The van der Waals surface area contributed by atoms with Crippen LogP contribution in [0.4, 0.5) is 0 Å². The second-order valence-electron chi connectivity index (χ2n) is 8.09. The van der Waals surface area contributed by atoms with E-state index in [1.807, 2.05) is 12.3 Å². The number of aliphatic hydroxyl groups is 1. The number of hydrogen-bond acceptors (Lipinski definition) is 3. The minimum atomic E-state index is -0.00919. The number of likely N-dealkylation sites (tertiary alicyclic amines) is 1. The molecule has 3 aromatic rings. The van der Waals surface area contributed by atoms with Gasteiger partial charge in [-0.15, -0.1) is 0 Å². The van der Waals surface area contributed by atoms with E-state index in [0.717, 1.165) is 51.0 Å². The quantitative estimate of drug-likeness (QED) is 0.648. The lowest BCUT2D eigenvalue weighted by atomic mass is 9.76. The van der Waals surface area contributed by atoms with Gasteiger partial charge in [0.2, 0.25) is 0 Å². The lowest BCUT2D eigenvalue weighted by Gasteiger charge is -2.42. The molecule has 0 unspecified atom stereocenters. The first-order valence-corrected chi connectivity index (χ1v) is 10.2. The van der Waals surface area contributed by atoms with Gasteiger partial charge in [0.05, 0.1) is 11.9 Å². The average Bonchev–Trinajstić information content (AvgIpc) is 3.22. The van der Waals surface area contributed by atoms with Crippen molar-refractivity contribution < 1.29 is 5.11 Å². The molecule has 2 N–H and O–H groups in total. The highest BCUT2D eigenvalue weighted by atomic mass is 16.3. The van der Waals surface area contributed by atoms with Gasteiger partial charge in [-0.2, -0.15) is 5.10 Å². The van der Waals surface area contributed by atoms with Crippen LogP contribution in [0.15, 0.2) is 66.9 Å². The van der Waals surface area contributed by atoms with Crippen LogP contribution in [0.25, 0.3) is 11.3 Å². The second kappa shape index (κ2) is 8.72. The van der Waals surface area contributed by atoms with Crippen molar-refractivity contribution in [2.75, 3.05) is 19.7 Å². The number of aryl methyl sites for hydroxylation is 1. The minimum absolute atomic E-state index is 0.00919. The molecule has 0 aliphatic carbocycles. The molecule has 1 aliphatic rings. The van der Waals surface area contributed by atoms with Crippen LogP contribution in [0.5, 0.6) is 0 Å². The predicted octanol–water partition coefficient (Wildman–Crippen LogP) is 4.28. The molecule has 0 radical (unpaired) electrons. The molecule has 2 heterocycles. The van der Waals surface area contributed by atoms with Crippen LogP contribution in [0.3, 0.4) is 0 Å². The van der Waals surface area contributed by atoms with Gasteiger partial charge in [0, 0.05) is 30.7 Å². The number of nitrogens with one attached hydrogen (secondary N) is 1. The highest BCUT2D eigenvalue weighted by Gasteiger charge is 2.34. The molecule has 28 heavy (non-hydrogen) atoms. The molecule has 1 aliphatic heterocycles. The van der Waals surface area contributed by atoms with E-state index < -0.39 is 0 Å². The average molecular weight is 376 g/mol. The van der Waals surface area contributed by atoms with E-state index in [1.165, 1.54) is 16.7 Å². The molecule has 0 amide bonds. The van der Waals surface area contributed by atoms with Gasteiger partial charge in [-0.3, -0.25) is 10.00 Å². The SMILES string of the molecule is OC[C@]1(CCc2ccccc2)CCCN(Cc2cn[nH]c2-c2ccccc2)C1. The third-order valence-corrected chi connectivity index (χ3v) is 6.04. The number of aliphatic hydroxyl groups excluding tert-OH is 1. The topological polar surface area (TPSA) is 52.1 Å². The monoisotopic (exact) mass is 375 g/mol. The smallest absolute Gasteiger partial charge is 0.0695 e. The van der Waals surface area contributed by atoms with Gasteiger partial charge in [-0.1, -0.05) is 60.7 Å². The van der Waals surface area contributed by atoms with Gasteiger partial charge in [-0.25, -0.2) is 0 Å². The summed E-state index contributed by atoms with van der Waals surface area (Å²) in [6.45, 7) is 3.14. The lowest BCUT2D eigenvalue weighted by molar-refractivity contribution is 0.0224. The number of piperidine rings is 1. The molecule has 1 atom stereocenters. The molecule has 4 heteroatoms. The molecule has 0 saturated carbocycles. The van der Waals surface area contributed by atoms with Crippen LogP contribution in [0.1, 0.15) is 30.4 Å². The summed E-state index contributed by atoms with van der Waals surface area (Å²) in [6, 6.07) is 21.0. The molecule has 4 rings (SSSR count). The minimum Gasteiger partial charge on any atom is -0.396 e. The van der Waals surface area contributed by atoms with Crippen molar-refractivity contribution >= 4 is 0 Å². The zero-order valence-electron chi connectivity index (χ0n) is 16.3. The Hall–Kier alpha value is -2.43. The first-order valence-electron chi connectivity index (χ1n) is 10.2. The van der Waals surface area contributed by atoms with Gasteiger partial charge in [0.1, 0.15) is 0 Å². The van der Waals surface area contributed by atoms with Crippen molar-refractivity contribution in [3.05, 3.63) is 78.0 Å². The van der Waals surface area contributed by atoms with Crippen LogP contribution in [-0.4, -0.2) is 39.9 Å². The van der Waals surface area contributed by atoms with Gasteiger partial charge in [0.25, 0.3) is 0 Å². The first kappa shape index (κ1) is 18.9. The largest absolute Gasteiger partial charge is 0.396 e. The van der Waals surface area contributed by atoms with Crippen molar-refractivity contribution in [3.8, 4) is 11.3 Å². The molecule has 146 valence electrons. The summed E-state index contributed by atoms with van der Waals surface area (Å²) in [4.78, 5) is 2.49. The van der Waals surface area contributed by atoms with Crippen molar-refractivity contribution in [1.82, 2.24) is 15.1 Å². The summed E-state index contributed by atoms with van der Waals surface area (Å²) in [5, 5.41) is 17.7. The molecule has 0 spiro atoms. The lowest BCUT2D eigenvalue weighted by Crippen LogP contribution is -2.45. The van der Waals surface area contributed by atoms with Crippen molar-refractivity contribution in [1.29, 1.82) is 0 Å². The van der Waals surface area contributed by atoms with Gasteiger partial charge in [0.15, 0.2) is 0 Å². The van der Waals surface area contributed by atoms with E-state index in [2.05, 4.69) is 69.7 Å². The molecule has 1 fully saturated rings. The normalized spacial score (nSPS) is 20.3. The van der Waals surface area contributed by atoms with Crippen LogP contribution in [0.2, 0.25) is 0 Å². The van der Waals surface area contributed by atoms with E-state index in [1.54, 1.807) is 0 Å². The van der Waals surface area contributed by atoms with Gasteiger partial charge >= 0.3 is 0 Å². The van der Waals surface area contributed by atoms with E-state index in [4.69, 9.17) is 0 Å². The second-order valence-corrected chi connectivity index (χ2v) is 8.09. The van der Waals surface area contributed by atoms with E-state index >= 15 is 0 Å². The third-order valence-electron chi connectivity index (χ3n) is 6.04. The number of rotatable bonds is 7. The predicted molar refractivity (Wildman–Crippen MR) is 113 cm³/mol. The van der Waals surface area contributed by atoms with Crippen LogP contribution in [-0.2, 0) is 13.0 Å². The summed E-state index contributed by atoms with van der Waals surface area (Å²) in [5.41, 5.74) is 4.84. The zero-order valence-corrected chi connectivity index (χ0v) is 16.3.